The van der Waals surface area contributed by atoms with E-state index in [1.165, 1.54) is 0 Å². The van der Waals surface area contributed by atoms with Gasteiger partial charge in [0.25, 0.3) is 0 Å². The molecule has 1 saturated heterocycles. The van der Waals surface area contributed by atoms with Gasteiger partial charge in [-0.15, -0.1) is 0 Å². The Hall–Kier alpha value is -0.920. The predicted molar refractivity (Wildman–Crippen MR) is 72.0 cm³/mol. The molecule has 7 heteroatoms. The summed E-state index contributed by atoms with van der Waals surface area (Å²) in [7, 11) is -3.39. The van der Waals surface area contributed by atoms with Crippen molar-refractivity contribution in [3.05, 3.63) is 17.3 Å². The SMILES string of the molecule is Cc1nc(CN2CCC[C@H](CS(N)(=O)=O)C2)oc1C. The quantitative estimate of drug-likeness (QED) is 0.884. The van der Waals surface area contributed by atoms with Crippen LogP contribution < -0.4 is 5.14 Å². The van der Waals surface area contributed by atoms with Crippen molar-refractivity contribution in [3.8, 4) is 0 Å². The minimum Gasteiger partial charge on any atom is -0.444 e. The second kappa shape index (κ2) is 5.60. The Kier molecular flexibility index (Phi) is 4.27. The maximum atomic E-state index is 11.1. The van der Waals surface area contributed by atoms with Crippen LogP contribution in [0.3, 0.4) is 0 Å². The summed E-state index contributed by atoms with van der Waals surface area (Å²) in [4.78, 5) is 6.54. The van der Waals surface area contributed by atoms with Crippen molar-refractivity contribution < 1.29 is 12.8 Å². The number of oxazole rings is 1. The van der Waals surface area contributed by atoms with E-state index in [2.05, 4.69) is 9.88 Å². The molecule has 0 unspecified atom stereocenters. The number of likely N-dealkylation sites (tertiary alicyclic amines) is 1. The fourth-order valence-electron chi connectivity index (χ4n) is 2.56. The molecule has 2 heterocycles. The van der Waals surface area contributed by atoms with Crippen LogP contribution in [0.5, 0.6) is 0 Å². The van der Waals surface area contributed by atoms with Crippen LogP contribution in [-0.2, 0) is 16.6 Å². The van der Waals surface area contributed by atoms with Gasteiger partial charge in [0.15, 0.2) is 0 Å². The van der Waals surface area contributed by atoms with E-state index in [-0.39, 0.29) is 11.7 Å². The number of primary sulfonamides is 1. The van der Waals surface area contributed by atoms with Crippen molar-refractivity contribution >= 4 is 10.0 Å². The van der Waals surface area contributed by atoms with Crippen LogP contribution in [0.25, 0.3) is 0 Å². The number of piperidine rings is 1. The minimum absolute atomic E-state index is 0.0626. The molecule has 1 aliphatic rings. The lowest BCUT2D eigenvalue weighted by Gasteiger charge is -2.31. The molecule has 2 N–H and O–H groups in total. The first-order valence-electron chi connectivity index (χ1n) is 6.49. The van der Waals surface area contributed by atoms with Crippen LogP contribution in [0.2, 0.25) is 0 Å². The van der Waals surface area contributed by atoms with Gasteiger partial charge in [-0.3, -0.25) is 4.90 Å². The van der Waals surface area contributed by atoms with E-state index in [4.69, 9.17) is 9.56 Å². The second-order valence-corrected chi connectivity index (χ2v) is 6.98. The Morgan fingerprint density at radius 2 is 2.21 bits per heavy atom. The smallest absolute Gasteiger partial charge is 0.209 e. The van der Waals surface area contributed by atoms with E-state index >= 15 is 0 Å². The third kappa shape index (κ3) is 4.29. The van der Waals surface area contributed by atoms with Gasteiger partial charge < -0.3 is 4.42 Å². The van der Waals surface area contributed by atoms with Crippen LogP contribution in [0.15, 0.2) is 4.42 Å². The molecule has 0 spiro atoms. The predicted octanol–water partition coefficient (Wildman–Crippen LogP) is 0.792. The highest BCUT2D eigenvalue weighted by Crippen LogP contribution is 2.20. The summed E-state index contributed by atoms with van der Waals surface area (Å²) in [5, 5.41) is 5.11. The molecule has 6 nitrogen and oxygen atoms in total. The van der Waals surface area contributed by atoms with Gasteiger partial charge in [0, 0.05) is 6.54 Å². The Labute approximate surface area is 114 Å². The summed E-state index contributed by atoms with van der Waals surface area (Å²) in [6.45, 7) is 6.13. The third-order valence-electron chi connectivity index (χ3n) is 3.50. The van der Waals surface area contributed by atoms with E-state index in [9.17, 15) is 8.42 Å². The van der Waals surface area contributed by atoms with Crippen molar-refractivity contribution in [1.29, 1.82) is 0 Å². The van der Waals surface area contributed by atoms with E-state index < -0.39 is 10.0 Å². The van der Waals surface area contributed by atoms with Crippen LogP contribution in [0.4, 0.5) is 0 Å². The van der Waals surface area contributed by atoms with Crippen molar-refractivity contribution in [1.82, 2.24) is 9.88 Å². The molecule has 1 fully saturated rings. The highest BCUT2D eigenvalue weighted by atomic mass is 32.2. The van der Waals surface area contributed by atoms with Gasteiger partial charge in [-0.05, 0) is 39.2 Å². The number of nitrogens with zero attached hydrogens (tertiary/aromatic N) is 2. The molecular weight excluding hydrogens is 266 g/mol. The Morgan fingerprint density at radius 3 is 2.79 bits per heavy atom. The topological polar surface area (TPSA) is 89.4 Å². The molecule has 0 aromatic carbocycles. The fourth-order valence-corrected chi connectivity index (χ4v) is 3.49. The molecule has 0 aliphatic carbocycles. The zero-order valence-corrected chi connectivity index (χ0v) is 12.2. The average molecular weight is 287 g/mol. The molecule has 0 amide bonds. The summed E-state index contributed by atoms with van der Waals surface area (Å²) in [5.74, 6) is 1.72. The Balaban J connectivity index is 1.94. The highest BCUT2D eigenvalue weighted by Gasteiger charge is 2.24. The van der Waals surface area contributed by atoms with E-state index in [0.717, 1.165) is 37.4 Å². The monoisotopic (exact) mass is 287 g/mol. The van der Waals surface area contributed by atoms with Gasteiger partial charge in [0.2, 0.25) is 15.9 Å². The first-order chi connectivity index (χ1) is 8.83. The number of hydrogen-bond acceptors (Lipinski definition) is 5. The van der Waals surface area contributed by atoms with Gasteiger partial charge in [-0.25, -0.2) is 18.5 Å². The number of nitrogens with two attached hydrogens (primary N) is 1. The number of rotatable bonds is 4. The fraction of sp³-hybridized carbons (Fsp3) is 0.750. The van der Waals surface area contributed by atoms with E-state index in [1.54, 1.807) is 0 Å². The summed E-state index contributed by atoms with van der Waals surface area (Å²) in [6, 6.07) is 0. The molecule has 108 valence electrons. The lowest BCUT2D eigenvalue weighted by atomic mass is 10.0. The summed E-state index contributed by atoms with van der Waals surface area (Å²) in [6.07, 6.45) is 1.90. The number of aryl methyl sites for hydroxylation is 2. The number of sulfonamides is 1. The van der Waals surface area contributed by atoms with Crippen molar-refractivity contribution in [2.24, 2.45) is 11.1 Å². The van der Waals surface area contributed by atoms with Crippen LogP contribution in [0.1, 0.15) is 30.2 Å². The van der Waals surface area contributed by atoms with Crippen molar-refractivity contribution in [3.63, 3.8) is 0 Å². The molecule has 0 radical (unpaired) electrons. The van der Waals surface area contributed by atoms with Gasteiger partial charge in [-0.2, -0.15) is 0 Å². The molecule has 1 atom stereocenters. The lowest BCUT2D eigenvalue weighted by molar-refractivity contribution is 0.163. The van der Waals surface area contributed by atoms with Gasteiger partial charge in [0.1, 0.15) is 5.76 Å². The average Bonchev–Trinajstić information content (AvgIpc) is 2.55. The van der Waals surface area contributed by atoms with E-state index in [1.807, 2.05) is 13.8 Å². The maximum Gasteiger partial charge on any atom is 0.209 e. The molecule has 1 aliphatic heterocycles. The highest BCUT2D eigenvalue weighted by molar-refractivity contribution is 7.89. The minimum atomic E-state index is -3.39. The largest absolute Gasteiger partial charge is 0.444 e. The van der Waals surface area contributed by atoms with Gasteiger partial charge in [-0.1, -0.05) is 0 Å². The van der Waals surface area contributed by atoms with Crippen molar-refractivity contribution in [2.45, 2.75) is 33.2 Å². The van der Waals surface area contributed by atoms with Crippen LogP contribution in [0, 0.1) is 19.8 Å². The molecule has 19 heavy (non-hydrogen) atoms. The summed E-state index contributed by atoms with van der Waals surface area (Å²) < 4.78 is 27.8. The van der Waals surface area contributed by atoms with Crippen molar-refractivity contribution in [2.75, 3.05) is 18.8 Å². The van der Waals surface area contributed by atoms with Crippen LogP contribution in [-0.4, -0.2) is 37.1 Å². The molecular formula is C12H21N3O3S. The maximum absolute atomic E-state index is 11.1. The zero-order valence-electron chi connectivity index (χ0n) is 11.4. The molecule has 0 bridgehead atoms. The normalized spacial score (nSPS) is 21.7. The first kappa shape index (κ1) is 14.5. The first-order valence-corrected chi connectivity index (χ1v) is 8.21. The van der Waals surface area contributed by atoms with Gasteiger partial charge >= 0.3 is 0 Å². The van der Waals surface area contributed by atoms with Gasteiger partial charge in [0.05, 0.1) is 18.0 Å². The molecule has 1 aromatic rings. The number of hydrogen-bond donors (Lipinski definition) is 1. The third-order valence-corrected chi connectivity index (χ3v) is 4.44. The zero-order chi connectivity index (χ0) is 14.0. The second-order valence-electron chi connectivity index (χ2n) is 5.32. The van der Waals surface area contributed by atoms with E-state index in [0.29, 0.717) is 12.4 Å². The summed E-state index contributed by atoms with van der Waals surface area (Å²) >= 11 is 0. The summed E-state index contributed by atoms with van der Waals surface area (Å²) in [5.41, 5.74) is 0.910. The Bertz CT molecular complexity index is 519. The number of aromatic nitrogens is 1. The Morgan fingerprint density at radius 1 is 1.47 bits per heavy atom. The van der Waals surface area contributed by atoms with Crippen LogP contribution >= 0.6 is 0 Å². The molecule has 1 aromatic heterocycles. The standard InChI is InChI=1S/C12H21N3O3S/c1-9-10(2)18-12(14-9)7-15-5-3-4-11(6-15)8-19(13,16)17/h11H,3-8H2,1-2H3,(H2,13,16,17)/t11-/m0/s1. The lowest BCUT2D eigenvalue weighted by Crippen LogP contribution is -2.38. The molecule has 0 saturated carbocycles. The molecule has 2 rings (SSSR count).